The fourth-order valence-corrected chi connectivity index (χ4v) is 1.20. The molecule has 0 fully saturated rings. The van der Waals surface area contributed by atoms with Crippen LogP contribution < -0.4 is 0 Å². The summed E-state index contributed by atoms with van der Waals surface area (Å²) < 4.78 is 5.50. The fourth-order valence-electron chi connectivity index (χ4n) is 0.900. The van der Waals surface area contributed by atoms with Gasteiger partial charge in [-0.05, 0) is 18.6 Å². The van der Waals surface area contributed by atoms with Gasteiger partial charge < -0.3 is 4.74 Å². The van der Waals surface area contributed by atoms with Gasteiger partial charge in [-0.15, -0.1) is 0 Å². The largest absolute Gasteiger partial charge is 0.373 e. The Hall–Kier alpha value is -0.180. The predicted octanol–water partition coefficient (Wildman–Crippen LogP) is 3.17. The molecule has 0 aliphatic carbocycles. The van der Waals surface area contributed by atoms with E-state index in [-0.39, 0.29) is 6.10 Å². The molecule has 0 amide bonds. The van der Waals surface area contributed by atoms with E-state index in [1.165, 1.54) is 0 Å². The lowest BCUT2D eigenvalue weighted by atomic mass is 10.2. The lowest BCUT2D eigenvalue weighted by Crippen LogP contribution is -2.09. The van der Waals surface area contributed by atoms with Gasteiger partial charge in [-0.25, -0.2) is 0 Å². The van der Waals surface area contributed by atoms with Gasteiger partial charge in [0.1, 0.15) is 0 Å². The van der Waals surface area contributed by atoms with Crippen LogP contribution in [0.2, 0.25) is 5.02 Å². The highest BCUT2D eigenvalue weighted by Gasteiger charge is 2.02. The molecule has 0 aliphatic rings. The van der Waals surface area contributed by atoms with Crippen molar-refractivity contribution >= 4 is 24.2 Å². The smallest absolute Gasteiger partial charge is 0.0735 e. The maximum Gasteiger partial charge on any atom is 0.0735 e. The van der Waals surface area contributed by atoms with Crippen molar-refractivity contribution < 1.29 is 4.74 Å². The van der Waals surface area contributed by atoms with Crippen LogP contribution >= 0.6 is 24.2 Å². The molecular weight excluding hydrogens is 204 g/mol. The maximum absolute atomic E-state index is 5.95. The van der Waals surface area contributed by atoms with Crippen LogP contribution in [0.1, 0.15) is 12.5 Å². The first-order valence-corrected chi connectivity index (χ1v) is 5.21. The second-order valence-electron chi connectivity index (χ2n) is 2.90. The molecular formula is C10H13ClOS. The van der Waals surface area contributed by atoms with E-state index >= 15 is 0 Å². The SMILES string of the molecule is CC(CS)OCc1ccccc1Cl. The summed E-state index contributed by atoms with van der Waals surface area (Å²) in [4.78, 5) is 0. The second-order valence-corrected chi connectivity index (χ2v) is 3.67. The molecule has 0 radical (unpaired) electrons. The lowest BCUT2D eigenvalue weighted by molar-refractivity contribution is 0.0691. The number of thiol groups is 1. The van der Waals surface area contributed by atoms with E-state index in [1.807, 2.05) is 31.2 Å². The minimum absolute atomic E-state index is 0.166. The van der Waals surface area contributed by atoms with Gasteiger partial charge in [-0.1, -0.05) is 29.8 Å². The van der Waals surface area contributed by atoms with Gasteiger partial charge in [0.05, 0.1) is 12.7 Å². The summed E-state index contributed by atoms with van der Waals surface area (Å²) in [6.07, 6.45) is 0.166. The summed E-state index contributed by atoms with van der Waals surface area (Å²) in [5, 5.41) is 0.758. The molecule has 0 heterocycles. The van der Waals surface area contributed by atoms with E-state index in [2.05, 4.69) is 12.6 Å². The van der Waals surface area contributed by atoms with E-state index in [4.69, 9.17) is 16.3 Å². The van der Waals surface area contributed by atoms with Crippen molar-refractivity contribution in [1.29, 1.82) is 0 Å². The first kappa shape index (κ1) is 10.9. The average molecular weight is 217 g/mol. The lowest BCUT2D eigenvalue weighted by Gasteiger charge is -2.10. The Balaban J connectivity index is 2.50. The first-order valence-electron chi connectivity index (χ1n) is 4.20. The Labute approximate surface area is 89.5 Å². The molecule has 1 nitrogen and oxygen atoms in total. The summed E-state index contributed by atoms with van der Waals surface area (Å²) in [5.74, 6) is 0.727. The van der Waals surface area contributed by atoms with Crippen molar-refractivity contribution in [3.05, 3.63) is 34.9 Å². The summed E-state index contributed by atoms with van der Waals surface area (Å²) in [6.45, 7) is 2.55. The van der Waals surface area contributed by atoms with Crippen LogP contribution in [0, 0.1) is 0 Å². The maximum atomic E-state index is 5.95. The average Bonchev–Trinajstić information content (AvgIpc) is 2.16. The minimum Gasteiger partial charge on any atom is -0.373 e. The summed E-state index contributed by atoms with van der Waals surface area (Å²) in [6, 6.07) is 7.70. The quantitative estimate of drug-likeness (QED) is 0.761. The van der Waals surface area contributed by atoms with Crippen LogP contribution in [0.25, 0.3) is 0 Å². The summed E-state index contributed by atoms with van der Waals surface area (Å²) in [7, 11) is 0. The van der Waals surface area contributed by atoms with Gasteiger partial charge in [0, 0.05) is 10.8 Å². The molecule has 0 aromatic heterocycles. The number of ether oxygens (including phenoxy) is 1. The molecule has 3 heteroatoms. The zero-order valence-electron chi connectivity index (χ0n) is 7.53. The molecule has 13 heavy (non-hydrogen) atoms. The third-order valence-electron chi connectivity index (χ3n) is 1.74. The zero-order valence-corrected chi connectivity index (χ0v) is 9.18. The first-order chi connectivity index (χ1) is 6.24. The second kappa shape index (κ2) is 5.53. The van der Waals surface area contributed by atoms with Gasteiger partial charge in [0.15, 0.2) is 0 Å². The highest BCUT2D eigenvalue weighted by Crippen LogP contribution is 2.16. The van der Waals surface area contributed by atoms with Crippen molar-refractivity contribution in [2.45, 2.75) is 19.6 Å². The van der Waals surface area contributed by atoms with E-state index in [1.54, 1.807) is 0 Å². The van der Waals surface area contributed by atoms with Gasteiger partial charge in [-0.2, -0.15) is 12.6 Å². The molecule has 1 rings (SSSR count). The summed E-state index contributed by atoms with van der Waals surface area (Å²) >= 11 is 10.1. The van der Waals surface area contributed by atoms with Gasteiger partial charge >= 0.3 is 0 Å². The van der Waals surface area contributed by atoms with Crippen molar-refractivity contribution in [2.24, 2.45) is 0 Å². The zero-order chi connectivity index (χ0) is 9.68. The van der Waals surface area contributed by atoms with Crippen LogP contribution in [-0.4, -0.2) is 11.9 Å². The van der Waals surface area contributed by atoms with Crippen molar-refractivity contribution in [2.75, 3.05) is 5.75 Å². The van der Waals surface area contributed by atoms with Crippen LogP contribution in [-0.2, 0) is 11.3 Å². The van der Waals surface area contributed by atoms with E-state index in [0.29, 0.717) is 6.61 Å². The van der Waals surface area contributed by atoms with E-state index in [9.17, 15) is 0 Å². The van der Waals surface area contributed by atoms with Crippen molar-refractivity contribution in [3.8, 4) is 0 Å². The Morgan fingerprint density at radius 2 is 2.15 bits per heavy atom. The predicted molar refractivity (Wildman–Crippen MR) is 59.6 cm³/mol. The van der Waals surface area contributed by atoms with E-state index in [0.717, 1.165) is 16.3 Å². The molecule has 0 saturated carbocycles. The highest BCUT2D eigenvalue weighted by atomic mass is 35.5. The normalized spacial score (nSPS) is 12.8. The van der Waals surface area contributed by atoms with E-state index < -0.39 is 0 Å². The number of hydrogen-bond donors (Lipinski definition) is 1. The molecule has 0 saturated heterocycles. The molecule has 1 aromatic carbocycles. The fraction of sp³-hybridized carbons (Fsp3) is 0.400. The topological polar surface area (TPSA) is 9.23 Å². The van der Waals surface area contributed by atoms with Crippen LogP contribution in [0.5, 0.6) is 0 Å². The molecule has 0 spiro atoms. The Morgan fingerprint density at radius 1 is 1.46 bits per heavy atom. The van der Waals surface area contributed by atoms with Gasteiger partial charge in [0.25, 0.3) is 0 Å². The number of rotatable bonds is 4. The number of halogens is 1. The van der Waals surface area contributed by atoms with Crippen LogP contribution in [0.3, 0.4) is 0 Å². The molecule has 1 aromatic rings. The molecule has 1 unspecified atom stereocenters. The third-order valence-corrected chi connectivity index (χ3v) is 2.62. The van der Waals surface area contributed by atoms with Gasteiger partial charge in [-0.3, -0.25) is 0 Å². The molecule has 0 bridgehead atoms. The number of benzene rings is 1. The Morgan fingerprint density at radius 3 is 2.77 bits per heavy atom. The standard InChI is InChI=1S/C10H13ClOS/c1-8(7-13)12-6-9-4-2-3-5-10(9)11/h2-5,8,13H,6-7H2,1H3. The van der Waals surface area contributed by atoms with Crippen molar-refractivity contribution in [1.82, 2.24) is 0 Å². The number of hydrogen-bond acceptors (Lipinski definition) is 2. The Bertz CT molecular complexity index is 265. The minimum atomic E-state index is 0.166. The van der Waals surface area contributed by atoms with Gasteiger partial charge in [0.2, 0.25) is 0 Å². The highest BCUT2D eigenvalue weighted by molar-refractivity contribution is 7.80. The summed E-state index contributed by atoms with van der Waals surface area (Å²) in [5.41, 5.74) is 1.03. The van der Waals surface area contributed by atoms with Crippen molar-refractivity contribution in [3.63, 3.8) is 0 Å². The monoisotopic (exact) mass is 216 g/mol. The molecule has 0 aliphatic heterocycles. The molecule has 72 valence electrons. The molecule has 1 atom stereocenters. The van der Waals surface area contributed by atoms with Crippen LogP contribution in [0.4, 0.5) is 0 Å². The van der Waals surface area contributed by atoms with Crippen LogP contribution in [0.15, 0.2) is 24.3 Å². The third kappa shape index (κ3) is 3.59. The molecule has 0 N–H and O–H groups in total. The Kier molecular flexibility index (Phi) is 4.64.